The minimum absolute atomic E-state index is 0.0370. The molecule has 0 saturated carbocycles. The van der Waals surface area contributed by atoms with Gasteiger partial charge in [0.15, 0.2) is 0 Å². The maximum absolute atomic E-state index is 10.6. The normalized spacial score (nSPS) is 10.3. The molecule has 0 aliphatic rings. The number of hydrogen-bond donors (Lipinski definition) is 2. The van der Waals surface area contributed by atoms with E-state index in [9.17, 15) is 9.59 Å². The molecule has 0 rings (SSSR count). The minimum atomic E-state index is -0.359. The summed E-state index contributed by atoms with van der Waals surface area (Å²) < 4.78 is 0. The Hall–Kier alpha value is -1.06. The van der Waals surface area contributed by atoms with E-state index in [2.05, 4.69) is 6.92 Å². The highest BCUT2D eigenvalue weighted by Gasteiger charge is 2.13. The Labute approximate surface area is 78.7 Å². The molecule has 0 aromatic heterocycles. The van der Waals surface area contributed by atoms with Crippen molar-refractivity contribution in [2.45, 2.75) is 39.0 Å². The number of amides is 2. The fourth-order valence-corrected chi connectivity index (χ4v) is 1.34. The van der Waals surface area contributed by atoms with Gasteiger partial charge in [-0.05, 0) is 12.3 Å². The minimum Gasteiger partial charge on any atom is -0.370 e. The molecular formula is C9H18N2O2. The number of primary amides is 2. The summed E-state index contributed by atoms with van der Waals surface area (Å²) in [5.41, 5.74) is 10.1. The molecule has 0 heterocycles. The maximum Gasteiger partial charge on any atom is 0.217 e. The van der Waals surface area contributed by atoms with Gasteiger partial charge >= 0.3 is 0 Å². The van der Waals surface area contributed by atoms with Crippen LogP contribution in [-0.2, 0) is 9.59 Å². The second-order valence-electron chi connectivity index (χ2n) is 3.35. The van der Waals surface area contributed by atoms with Crippen molar-refractivity contribution in [1.29, 1.82) is 0 Å². The first-order valence-corrected chi connectivity index (χ1v) is 4.62. The molecule has 2 amide bonds. The summed E-state index contributed by atoms with van der Waals surface area (Å²) in [6.07, 6.45) is 3.44. The van der Waals surface area contributed by atoms with Gasteiger partial charge in [0, 0.05) is 12.8 Å². The molecule has 13 heavy (non-hydrogen) atoms. The van der Waals surface area contributed by atoms with Crippen molar-refractivity contribution in [3.8, 4) is 0 Å². The van der Waals surface area contributed by atoms with Gasteiger partial charge in [-0.15, -0.1) is 0 Å². The molecule has 0 unspecified atom stereocenters. The lowest BCUT2D eigenvalue weighted by atomic mass is 9.94. The number of rotatable bonds is 7. The van der Waals surface area contributed by atoms with E-state index in [1.165, 1.54) is 0 Å². The molecule has 76 valence electrons. The summed E-state index contributed by atoms with van der Waals surface area (Å²) in [4.78, 5) is 21.2. The summed E-state index contributed by atoms with van der Waals surface area (Å²) >= 11 is 0. The summed E-state index contributed by atoms with van der Waals surface area (Å²) in [7, 11) is 0. The molecule has 0 aromatic carbocycles. The van der Waals surface area contributed by atoms with E-state index in [-0.39, 0.29) is 30.6 Å². The van der Waals surface area contributed by atoms with Crippen LogP contribution in [0.3, 0.4) is 0 Å². The van der Waals surface area contributed by atoms with Crippen molar-refractivity contribution < 1.29 is 9.59 Å². The molecule has 0 atom stereocenters. The summed E-state index contributed by atoms with van der Waals surface area (Å²) in [6.45, 7) is 2.06. The van der Waals surface area contributed by atoms with Gasteiger partial charge in [-0.1, -0.05) is 19.8 Å². The van der Waals surface area contributed by atoms with Gasteiger partial charge in [0.2, 0.25) is 11.8 Å². The molecule has 0 saturated heterocycles. The van der Waals surface area contributed by atoms with Crippen LogP contribution in [0.5, 0.6) is 0 Å². The predicted molar refractivity (Wildman–Crippen MR) is 50.6 cm³/mol. The summed E-state index contributed by atoms with van der Waals surface area (Å²) in [5, 5.41) is 0. The standard InChI is InChI=1S/C9H18N2O2/c1-2-3-4-7(5-8(10)12)6-9(11)13/h7H,2-6H2,1H3,(H2,10,12)(H2,11,13). The zero-order valence-corrected chi connectivity index (χ0v) is 8.08. The lowest BCUT2D eigenvalue weighted by molar-refractivity contribution is -0.120. The van der Waals surface area contributed by atoms with Crippen LogP contribution in [0.2, 0.25) is 0 Å². The highest BCUT2D eigenvalue weighted by atomic mass is 16.1. The maximum atomic E-state index is 10.6. The van der Waals surface area contributed by atoms with E-state index in [4.69, 9.17) is 11.5 Å². The third-order valence-electron chi connectivity index (χ3n) is 1.95. The number of unbranched alkanes of at least 4 members (excludes halogenated alkanes) is 1. The SMILES string of the molecule is CCCCC(CC(N)=O)CC(N)=O. The average Bonchev–Trinajstić information content (AvgIpc) is 1.98. The van der Waals surface area contributed by atoms with Crippen molar-refractivity contribution in [1.82, 2.24) is 0 Å². The van der Waals surface area contributed by atoms with Crippen LogP contribution in [-0.4, -0.2) is 11.8 Å². The van der Waals surface area contributed by atoms with Crippen molar-refractivity contribution in [3.63, 3.8) is 0 Å². The van der Waals surface area contributed by atoms with Crippen molar-refractivity contribution in [2.24, 2.45) is 17.4 Å². The highest BCUT2D eigenvalue weighted by Crippen LogP contribution is 2.15. The molecule has 4 heteroatoms. The summed E-state index contributed by atoms with van der Waals surface area (Å²) in [5.74, 6) is -0.681. The molecular weight excluding hydrogens is 168 g/mol. The van der Waals surface area contributed by atoms with Gasteiger partial charge in [0.25, 0.3) is 0 Å². The van der Waals surface area contributed by atoms with Crippen LogP contribution in [0.15, 0.2) is 0 Å². The summed E-state index contributed by atoms with van der Waals surface area (Å²) in [6, 6.07) is 0. The van der Waals surface area contributed by atoms with Crippen LogP contribution in [0.4, 0.5) is 0 Å². The van der Waals surface area contributed by atoms with E-state index in [1.807, 2.05) is 0 Å². The second kappa shape index (κ2) is 6.46. The number of nitrogens with two attached hydrogens (primary N) is 2. The van der Waals surface area contributed by atoms with Gasteiger partial charge < -0.3 is 11.5 Å². The Bertz CT molecular complexity index is 164. The lowest BCUT2D eigenvalue weighted by Crippen LogP contribution is -2.22. The molecule has 0 aromatic rings. The number of carbonyl (C=O) groups is 2. The van der Waals surface area contributed by atoms with Crippen molar-refractivity contribution >= 4 is 11.8 Å². The predicted octanol–water partition coefficient (Wildman–Crippen LogP) is 0.544. The van der Waals surface area contributed by atoms with Gasteiger partial charge in [0.05, 0.1) is 0 Å². The van der Waals surface area contributed by atoms with Gasteiger partial charge in [-0.3, -0.25) is 9.59 Å². The lowest BCUT2D eigenvalue weighted by Gasteiger charge is -2.11. The Morgan fingerprint density at radius 3 is 1.92 bits per heavy atom. The number of carbonyl (C=O) groups excluding carboxylic acids is 2. The topological polar surface area (TPSA) is 86.2 Å². The van der Waals surface area contributed by atoms with E-state index in [1.54, 1.807) is 0 Å². The third kappa shape index (κ3) is 7.31. The molecule has 4 N–H and O–H groups in total. The zero-order chi connectivity index (χ0) is 10.3. The van der Waals surface area contributed by atoms with Crippen molar-refractivity contribution in [2.75, 3.05) is 0 Å². The van der Waals surface area contributed by atoms with Crippen molar-refractivity contribution in [3.05, 3.63) is 0 Å². The smallest absolute Gasteiger partial charge is 0.217 e. The Morgan fingerprint density at radius 2 is 1.62 bits per heavy atom. The van der Waals surface area contributed by atoms with Crippen LogP contribution in [0, 0.1) is 5.92 Å². The quantitative estimate of drug-likeness (QED) is 0.608. The number of hydrogen-bond acceptors (Lipinski definition) is 2. The molecule has 0 fully saturated rings. The van der Waals surface area contributed by atoms with Crippen LogP contribution in [0.1, 0.15) is 39.0 Å². The monoisotopic (exact) mass is 186 g/mol. The Morgan fingerprint density at radius 1 is 1.15 bits per heavy atom. The third-order valence-corrected chi connectivity index (χ3v) is 1.95. The largest absolute Gasteiger partial charge is 0.370 e. The average molecular weight is 186 g/mol. The van der Waals surface area contributed by atoms with Gasteiger partial charge in [-0.25, -0.2) is 0 Å². The van der Waals surface area contributed by atoms with Gasteiger partial charge in [0.1, 0.15) is 0 Å². The van der Waals surface area contributed by atoms with Crippen LogP contribution >= 0.6 is 0 Å². The van der Waals surface area contributed by atoms with E-state index >= 15 is 0 Å². The fourth-order valence-electron chi connectivity index (χ4n) is 1.34. The Kier molecular flexibility index (Phi) is 5.93. The second-order valence-corrected chi connectivity index (χ2v) is 3.35. The van der Waals surface area contributed by atoms with E-state index < -0.39 is 0 Å². The molecule has 0 aliphatic carbocycles. The van der Waals surface area contributed by atoms with E-state index in [0.29, 0.717) is 0 Å². The fraction of sp³-hybridized carbons (Fsp3) is 0.778. The molecule has 4 nitrogen and oxygen atoms in total. The first kappa shape index (κ1) is 11.9. The van der Waals surface area contributed by atoms with Crippen LogP contribution in [0.25, 0.3) is 0 Å². The molecule has 0 aliphatic heterocycles. The first-order chi connectivity index (χ1) is 6.06. The zero-order valence-electron chi connectivity index (χ0n) is 8.08. The molecule has 0 bridgehead atoms. The van der Waals surface area contributed by atoms with E-state index in [0.717, 1.165) is 19.3 Å². The molecule has 0 radical (unpaired) electrons. The highest BCUT2D eigenvalue weighted by molar-refractivity contribution is 5.77. The molecule has 0 spiro atoms. The van der Waals surface area contributed by atoms with Crippen LogP contribution < -0.4 is 11.5 Å². The first-order valence-electron chi connectivity index (χ1n) is 4.62. The Balaban J connectivity index is 3.87. The van der Waals surface area contributed by atoms with Gasteiger partial charge in [-0.2, -0.15) is 0 Å².